The molecule has 2 N–H and O–H groups in total. The van der Waals surface area contributed by atoms with Crippen LogP contribution in [0.1, 0.15) is 240 Å². The van der Waals surface area contributed by atoms with E-state index < -0.39 is 0 Å². The minimum absolute atomic E-state index is 0. The molecule has 4 atom stereocenters. The number of ether oxygens (including phenoxy) is 1. The molecule has 0 aromatic heterocycles. The van der Waals surface area contributed by atoms with Crippen LogP contribution in [0.2, 0.25) is 0 Å². The Hall–Kier alpha value is 0.614. The van der Waals surface area contributed by atoms with Gasteiger partial charge in [0.15, 0.2) is 0 Å². The third-order valence-electron chi connectivity index (χ3n) is 11.0. The molecule has 1 radical (unpaired) electrons. The second kappa shape index (κ2) is 48.8. The van der Waals surface area contributed by atoms with Crippen LogP contribution in [0.4, 0.5) is 0 Å². The number of rotatable bonds is 35. The van der Waals surface area contributed by atoms with Crippen LogP contribution < -0.4 is 0 Å². The Morgan fingerprint density at radius 1 is 0.623 bits per heavy atom. The number of carbonyl (C=O) groups is 1. The minimum atomic E-state index is -0.102. The molecule has 0 amide bonds. The summed E-state index contributed by atoms with van der Waals surface area (Å²) in [5.41, 5.74) is 0. The van der Waals surface area contributed by atoms with Crippen molar-refractivity contribution in [2.75, 3.05) is 26.8 Å². The van der Waals surface area contributed by atoms with Gasteiger partial charge < -0.3 is 26.7 Å². The van der Waals surface area contributed by atoms with Gasteiger partial charge in [0.05, 0.1) is 12.2 Å². The molecule has 1 aliphatic carbocycles. The summed E-state index contributed by atoms with van der Waals surface area (Å²) in [6.45, 7) is 16.0. The van der Waals surface area contributed by atoms with Gasteiger partial charge in [0, 0.05) is 58.4 Å². The second-order valence-corrected chi connectivity index (χ2v) is 16.1. The van der Waals surface area contributed by atoms with Gasteiger partial charge in [0.25, 0.3) is 0 Å². The fourth-order valence-corrected chi connectivity index (χ4v) is 7.43. The van der Waals surface area contributed by atoms with Crippen LogP contribution in [0.15, 0.2) is 0 Å². The number of aliphatic hydroxyl groups excluding tert-OH is 2. The van der Waals surface area contributed by atoms with Gasteiger partial charge in [-0.2, -0.15) is 6.42 Å². The number of methoxy groups -OCH3 is 1. The van der Waals surface area contributed by atoms with Crippen LogP contribution >= 0.6 is 0 Å². The summed E-state index contributed by atoms with van der Waals surface area (Å²) >= 11 is 0. The van der Waals surface area contributed by atoms with Crippen molar-refractivity contribution in [2.24, 2.45) is 5.92 Å². The van der Waals surface area contributed by atoms with Crippen LogP contribution in [0.3, 0.4) is 0 Å². The molecule has 0 saturated heterocycles. The first kappa shape index (κ1) is 57.9. The molecule has 1 rings (SSSR count). The first-order chi connectivity index (χ1) is 25.4. The molecule has 5 nitrogen and oxygen atoms in total. The fourth-order valence-electron chi connectivity index (χ4n) is 7.43. The Balaban J connectivity index is -0.000000724. The predicted octanol–water partition coefficient (Wildman–Crippen LogP) is 13.6. The number of nitrogens with zero attached hydrogens (tertiary/aromatic N) is 1. The number of hydrogen-bond donors (Lipinski definition) is 2. The molecule has 1 fully saturated rings. The van der Waals surface area contributed by atoms with E-state index in [0.717, 1.165) is 58.2 Å². The molecule has 317 valence electrons. The molecule has 0 aromatic carbocycles. The Morgan fingerprint density at radius 2 is 1.04 bits per heavy atom. The molecule has 0 heterocycles. The van der Waals surface area contributed by atoms with Gasteiger partial charge >= 0.3 is 0 Å². The summed E-state index contributed by atoms with van der Waals surface area (Å²) < 4.78 is 5.11. The van der Waals surface area contributed by atoms with Crippen LogP contribution in [0, 0.1) is 12.8 Å². The molecule has 0 aromatic rings. The zero-order valence-corrected chi connectivity index (χ0v) is 39.6. The van der Waals surface area contributed by atoms with Crippen molar-refractivity contribution in [1.82, 2.24) is 4.90 Å². The third kappa shape index (κ3) is 42.1. The van der Waals surface area contributed by atoms with Crippen molar-refractivity contribution in [3.63, 3.8) is 0 Å². The first-order valence-electron chi connectivity index (χ1n) is 23.3. The van der Waals surface area contributed by atoms with Crippen molar-refractivity contribution in [3.05, 3.63) is 6.92 Å². The van der Waals surface area contributed by atoms with Crippen molar-refractivity contribution >= 4 is 6.29 Å². The molecule has 1 saturated carbocycles. The number of unbranched alkanes of at least 4 members (excludes halogenated alkanes) is 19. The summed E-state index contributed by atoms with van der Waals surface area (Å²) in [5.74, 6) is 0.346. The monoisotopic (exact) mass is 828 g/mol. The Morgan fingerprint density at radius 3 is 1.55 bits per heavy atom. The van der Waals surface area contributed by atoms with Gasteiger partial charge in [-0.25, -0.2) is 0 Å². The van der Waals surface area contributed by atoms with Crippen molar-refractivity contribution in [2.45, 2.75) is 258 Å². The Bertz CT molecular complexity index is 668. The molecule has 0 bridgehead atoms. The van der Waals surface area contributed by atoms with Gasteiger partial charge in [-0.1, -0.05) is 175 Å². The Labute approximate surface area is 359 Å². The molecular formula is C47H96NO4Y-. The van der Waals surface area contributed by atoms with E-state index in [2.05, 4.69) is 39.5 Å². The maximum Gasteiger partial charge on any atom is 0.123 e. The van der Waals surface area contributed by atoms with Gasteiger partial charge in [-0.15, -0.1) is 0 Å². The zero-order valence-electron chi connectivity index (χ0n) is 36.8. The smallest absolute Gasteiger partial charge is 0.123 e. The van der Waals surface area contributed by atoms with Crippen LogP contribution in [0.5, 0.6) is 0 Å². The topological polar surface area (TPSA) is 70.0 Å². The van der Waals surface area contributed by atoms with Gasteiger partial charge in [-0.3, -0.25) is 4.90 Å². The van der Waals surface area contributed by atoms with Crippen molar-refractivity contribution in [1.29, 1.82) is 0 Å². The van der Waals surface area contributed by atoms with E-state index in [4.69, 9.17) is 4.74 Å². The van der Waals surface area contributed by atoms with Gasteiger partial charge in [0.2, 0.25) is 0 Å². The van der Waals surface area contributed by atoms with E-state index in [-0.39, 0.29) is 44.9 Å². The van der Waals surface area contributed by atoms with E-state index in [9.17, 15) is 15.0 Å². The quantitative estimate of drug-likeness (QED) is 0.0378. The normalized spacial score (nSPS) is 16.5. The number of aldehydes is 1. The summed E-state index contributed by atoms with van der Waals surface area (Å²) in [6, 6.07) is 0.410. The predicted molar refractivity (Wildman–Crippen MR) is 229 cm³/mol. The van der Waals surface area contributed by atoms with Crippen LogP contribution in [0.25, 0.3) is 0 Å². The largest absolute Gasteiger partial charge is 0.393 e. The Kier molecular flexibility index (Phi) is 53.3. The van der Waals surface area contributed by atoms with Crippen LogP contribution in [-0.2, 0) is 42.2 Å². The molecule has 4 unspecified atom stereocenters. The maximum atomic E-state index is 10.8. The summed E-state index contributed by atoms with van der Waals surface area (Å²) in [6.07, 6.45) is 41.7. The van der Waals surface area contributed by atoms with E-state index in [1.54, 1.807) is 7.11 Å². The zero-order chi connectivity index (χ0) is 38.8. The van der Waals surface area contributed by atoms with E-state index in [1.165, 1.54) is 180 Å². The summed E-state index contributed by atoms with van der Waals surface area (Å²) in [7, 11) is 1.78. The average molecular weight is 828 g/mol. The molecular weight excluding hydrogens is 731 g/mol. The molecule has 0 spiro atoms. The van der Waals surface area contributed by atoms with E-state index in [1.807, 2.05) is 0 Å². The van der Waals surface area contributed by atoms with E-state index >= 15 is 0 Å². The fraction of sp³-hybridized carbons (Fsp3) is 0.957. The van der Waals surface area contributed by atoms with Gasteiger partial charge in [0.1, 0.15) is 6.29 Å². The standard InChI is InChI=1S/C19H38NO2.C15H32O.C13H26O.Y/c1-3-4-5-10-15-20(16-11-6-7-12-17-22-2)18-13-8-9-14-19(18)21;1-3-5-7-9-10-12-14-15(16)13-11-8-6-4-2;1-3-5-7-9-11-13(12-14)10-8-6-4-2;/h18-19,21H,1,3-17H2,2H3;15-16H,3-14H2,1-2H3;12-13H,3-11H2,1-2H3;/q-1;;;. The van der Waals surface area contributed by atoms with Gasteiger partial charge in [-0.05, 0) is 70.9 Å². The minimum Gasteiger partial charge on any atom is -0.393 e. The maximum absolute atomic E-state index is 10.8. The molecule has 1 aliphatic rings. The number of aliphatic hydroxyl groups is 2. The molecule has 6 heteroatoms. The van der Waals surface area contributed by atoms with Crippen molar-refractivity contribution in [3.8, 4) is 0 Å². The summed E-state index contributed by atoms with van der Waals surface area (Å²) in [5, 5.41) is 20.1. The SMILES string of the molecule is CCCCCCC(C=O)CCCCC.CCCCCCCCC(O)CCCCCC.[CH2-]CCCCCN(CCCCCCOC)C1CCCCC1O.[Y]. The molecule has 0 aliphatic heterocycles. The first-order valence-corrected chi connectivity index (χ1v) is 23.3. The van der Waals surface area contributed by atoms with Crippen LogP contribution in [-0.4, -0.2) is 66.5 Å². The average Bonchev–Trinajstić information content (AvgIpc) is 3.15. The van der Waals surface area contributed by atoms with E-state index in [0.29, 0.717) is 12.0 Å². The number of carbonyl (C=O) groups excluding carboxylic acids is 1. The van der Waals surface area contributed by atoms with Crippen molar-refractivity contribution < 1.29 is 52.5 Å². The third-order valence-corrected chi connectivity index (χ3v) is 11.0. The summed E-state index contributed by atoms with van der Waals surface area (Å²) in [4.78, 5) is 13.3. The second-order valence-electron chi connectivity index (χ2n) is 16.1. The number of hydrogen-bond acceptors (Lipinski definition) is 5. The molecule has 53 heavy (non-hydrogen) atoms.